The first-order valence-electron chi connectivity index (χ1n) is 8.58. The molecule has 0 saturated carbocycles. The van der Waals surface area contributed by atoms with Crippen molar-refractivity contribution in [1.29, 1.82) is 0 Å². The molecular weight excluding hydrogens is 452 g/mol. The lowest BCUT2D eigenvalue weighted by Gasteiger charge is -2.34. The largest absolute Gasteiger partial charge is 0.573 e. The molecule has 30 heavy (non-hydrogen) atoms. The number of alkyl halides is 3. The lowest BCUT2D eigenvalue weighted by Crippen LogP contribution is -2.50. The van der Waals surface area contributed by atoms with Crippen LogP contribution in [0.4, 0.5) is 17.6 Å². The van der Waals surface area contributed by atoms with Crippen molar-refractivity contribution in [3.8, 4) is 5.75 Å². The maximum absolute atomic E-state index is 14.0. The Morgan fingerprint density at radius 2 is 1.60 bits per heavy atom. The fourth-order valence-corrected chi connectivity index (χ4v) is 4.51. The van der Waals surface area contributed by atoms with Crippen molar-refractivity contribution in [2.24, 2.45) is 0 Å². The van der Waals surface area contributed by atoms with Gasteiger partial charge in [0.1, 0.15) is 11.6 Å². The Balaban J connectivity index is 1.67. The second kappa shape index (κ2) is 8.40. The zero-order valence-electron chi connectivity index (χ0n) is 15.2. The van der Waals surface area contributed by atoms with E-state index in [-0.39, 0.29) is 41.7 Å². The van der Waals surface area contributed by atoms with Gasteiger partial charge in [-0.15, -0.1) is 13.2 Å². The number of hydrogen-bond donors (Lipinski definition) is 0. The van der Waals surface area contributed by atoms with E-state index in [0.717, 1.165) is 34.6 Å². The molecule has 6 nitrogen and oxygen atoms in total. The molecule has 2 aromatic carbocycles. The van der Waals surface area contributed by atoms with Crippen molar-refractivity contribution in [3.63, 3.8) is 0 Å². The van der Waals surface area contributed by atoms with Gasteiger partial charge < -0.3 is 9.64 Å². The fourth-order valence-electron chi connectivity index (χ4n) is 2.93. The van der Waals surface area contributed by atoms with E-state index in [0.29, 0.717) is 0 Å². The molecule has 0 aromatic heterocycles. The molecule has 1 aliphatic heterocycles. The summed E-state index contributed by atoms with van der Waals surface area (Å²) in [4.78, 5) is 13.6. The third-order valence-electron chi connectivity index (χ3n) is 4.38. The minimum absolute atomic E-state index is 0.0232. The quantitative estimate of drug-likeness (QED) is 0.647. The van der Waals surface area contributed by atoms with Crippen LogP contribution in [-0.4, -0.2) is 56.1 Å². The highest BCUT2D eigenvalue weighted by molar-refractivity contribution is 7.89. The van der Waals surface area contributed by atoms with Crippen molar-refractivity contribution in [2.45, 2.75) is 11.3 Å². The van der Waals surface area contributed by atoms with E-state index in [1.807, 2.05) is 0 Å². The molecule has 1 saturated heterocycles. The van der Waals surface area contributed by atoms with E-state index in [2.05, 4.69) is 4.74 Å². The van der Waals surface area contributed by atoms with Crippen molar-refractivity contribution in [1.82, 2.24) is 9.21 Å². The normalized spacial score (nSPS) is 15.8. The number of amides is 1. The first-order chi connectivity index (χ1) is 14.0. The van der Waals surface area contributed by atoms with E-state index < -0.39 is 33.9 Å². The third kappa shape index (κ3) is 5.02. The van der Waals surface area contributed by atoms with E-state index in [4.69, 9.17) is 11.6 Å². The summed E-state index contributed by atoms with van der Waals surface area (Å²) in [5.74, 6) is -1.90. The smallest absolute Gasteiger partial charge is 0.406 e. The molecular formula is C18H15ClF4N2O4S. The highest BCUT2D eigenvalue weighted by Crippen LogP contribution is 2.26. The fraction of sp³-hybridized carbons (Fsp3) is 0.278. The number of benzene rings is 2. The second-order valence-electron chi connectivity index (χ2n) is 6.34. The zero-order chi connectivity index (χ0) is 22.1. The summed E-state index contributed by atoms with van der Waals surface area (Å²) in [6.45, 7) is -0.0566. The first-order valence-corrected chi connectivity index (χ1v) is 10.4. The van der Waals surface area contributed by atoms with Gasteiger partial charge in [0.15, 0.2) is 0 Å². The summed E-state index contributed by atoms with van der Waals surface area (Å²) in [6, 6.07) is 7.49. The number of rotatable bonds is 4. The zero-order valence-corrected chi connectivity index (χ0v) is 16.8. The maximum atomic E-state index is 14.0. The number of carbonyl (C=O) groups excluding carboxylic acids is 1. The molecule has 0 N–H and O–H groups in total. The van der Waals surface area contributed by atoms with Crippen LogP contribution in [0.25, 0.3) is 0 Å². The van der Waals surface area contributed by atoms with Crippen molar-refractivity contribution >= 4 is 27.5 Å². The predicted octanol–water partition coefficient (Wildman–Crippen LogP) is 3.52. The Hall–Kier alpha value is -2.37. The molecule has 12 heteroatoms. The maximum Gasteiger partial charge on any atom is 0.573 e. The summed E-state index contributed by atoms with van der Waals surface area (Å²) in [7, 11) is -3.98. The van der Waals surface area contributed by atoms with Crippen molar-refractivity contribution in [2.75, 3.05) is 26.2 Å². The molecule has 0 bridgehead atoms. The van der Waals surface area contributed by atoms with Crippen LogP contribution >= 0.6 is 11.6 Å². The topological polar surface area (TPSA) is 66.9 Å². The standard InChI is InChI=1S/C18H15ClF4N2O4S/c19-12-1-6-15(16(20)11-12)17(26)24-7-9-25(10-8-24)30(27,28)14-4-2-13(3-5-14)29-18(21,22)23/h1-6,11H,7-10H2. The summed E-state index contributed by atoms with van der Waals surface area (Å²) < 4.78 is 80.9. The third-order valence-corrected chi connectivity index (χ3v) is 6.53. The van der Waals surface area contributed by atoms with Gasteiger partial charge in [-0.2, -0.15) is 4.31 Å². The van der Waals surface area contributed by atoms with Crippen LogP contribution in [0, 0.1) is 5.82 Å². The van der Waals surface area contributed by atoms with Crippen LogP contribution < -0.4 is 4.74 Å². The van der Waals surface area contributed by atoms with Gasteiger partial charge in [0.05, 0.1) is 10.5 Å². The number of halogens is 5. The van der Waals surface area contributed by atoms with Gasteiger partial charge >= 0.3 is 6.36 Å². The van der Waals surface area contributed by atoms with Gasteiger partial charge in [-0.05, 0) is 42.5 Å². The van der Waals surface area contributed by atoms with E-state index in [9.17, 15) is 30.8 Å². The summed E-state index contributed by atoms with van der Waals surface area (Å²) in [5.41, 5.74) is -0.170. The summed E-state index contributed by atoms with van der Waals surface area (Å²) in [5, 5.41) is 0.145. The Kier molecular flexibility index (Phi) is 6.25. The SMILES string of the molecule is O=C(c1ccc(Cl)cc1F)N1CCN(S(=O)(=O)c2ccc(OC(F)(F)F)cc2)CC1. The van der Waals surface area contributed by atoms with Crippen LogP contribution in [0.2, 0.25) is 5.02 Å². The molecule has 162 valence electrons. The average molecular weight is 467 g/mol. The van der Waals surface area contributed by atoms with Gasteiger partial charge in [0.25, 0.3) is 5.91 Å². The average Bonchev–Trinajstić information content (AvgIpc) is 2.67. The molecule has 0 aliphatic carbocycles. The van der Waals surface area contributed by atoms with Crippen molar-refractivity contribution in [3.05, 3.63) is 58.9 Å². The van der Waals surface area contributed by atoms with E-state index >= 15 is 0 Å². The van der Waals surface area contributed by atoms with Crippen LogP contribution in [-0.2, 0) is 10.0 Å². The molecule has 1 amide bonds. The van der Waals surface area contributed by atoms with E-state index in [1.165, 1.54) is 17.0 Å². The van der Waals surface area contributed by atoms with Crippen LogP contribution in [0.5, 0.6) is 5.75 Å². The Labute approximate surface area is 174 Å². The Morgan fingerprint density at radius 1 is 1.00 bits per heavy atom. The molecule has 1 fully saturated rings. The molecule has 2 aromatic rings. The number of sulfonamides is 1. The molecule has 0 atom stereocenters. The van der Waals surface area contributed by atoms with Gasteiger partial charge in [0, 0.05) is 31.2 Å². The molecule has 0 unspecified atom stereocenters. The molecule has 0 radical (unpaired) electrons. The van der Waals surface area contributed by atoms with Gasteiger partial charge in [0.2, 0.25) is 10.0 Å². The lowest BCUT2D eigenvalue weighted by molar-refractivity contribution is -0.274. The van der Waals surface area contributed by atoms with E-state index in [1.54, 1.807) is 0 Å². The number of piperazine rings is 1. The predicted molar refractivity (Wildman–Crippen MR) is 99.2 cm³/mol. The number of carbonyl (C=O) groups is 1. The molecule has 1 aliphatic rings. The number of nitrogens with zero attached hydrogens (tertiary/aromatic N) is 2. The van der Waals surface area contributed by atoms with Crippen molar-refractivity contribution < 1.29 is 35.5 Å². The van der Waals surface area contributed by atoms with Crippen LogP contribution in [0.15, 0.2) is 47.4 Å². The molecule has 1 heterocycles. The van der Waals surface area contributed by atoms with Gasteiger partial charge in [-0.25, -0.2) is 12.8 Å². The molecule has 0 spiro atoms. The lowest BCUT2D eigenvalue weighted by atomic mass is 10.1. The summed E-state index contributed by atoms with van der Waals surface area (Å²) >= 11 is 5.67. The van der Waals surface area contributed by atoms with Gasteiger partial charge in [-0.3, -0.25) is 4.79 Å². The summed E-state index contributed by atoms with van der Waals surface area (Å²) in [6.07, 6.45) is -4.88. The second-order valence-corrected chi connectivity index (χ2v) is 8.71. The number of hydrogen-bond acceptors (Lipinski definition) is 4. The monoisotopic (exact) mass is 466 g/mol. The van der Waals surface area contributed by atoms with Gasteiger partial charge in [-0.1, -0.05) is 11.6 Å². The highest BCUT2D eigenvalue weighted by Gasteiger charge is 2.33. The Morgan fingerprint density at radius 3 is 2.13 bits per heavy atom. The number of ether oxygens (including phenoxy) is 1. The first kappa shape index (κ1) is 22.3. The minimum Gasteiger partial charge on any atom is -0.406 e. The Bertz CT molecular complexity index is 1040. The van der Waals surface area contributed by atoms with Crippen LogP contribution in [0.3, 0.4) is 0 Å². The highest BCUT2D eigenvalue weighted by atomic mass is 35.5. The van der Waals surface area contributed by atoms with Crippen LogP contribution in [0.1, 0.15) is 10.4 Å². The molecule has 3 rings (SSSR count). The minimum atomic E-state index is -4.88.